The third-order valence-electron chi connectivity index (χ3n) is 2.59. The Morgan fingerprint density at radius 1 is 1.53 bits per heavy atom. The Labute approximate surface area is 97.2 Å². The summed E-state index contributed by atoms with van der Waals surface area (Å²) in [6.45, 7) is 2.89. The van der Waals surface area contributed by atoms with E-state index in [1.54, 1.807) is 0 Å². The van der Waals surface area contributed by atoms with Gasteiger partial charge in [0.1, 0.15) is 0 Å². The third kappa shape index (κ3) is 2.21. The van der Waals surface area contributed by atoms with Crippen molar-refractivity contribution in [3.8, 4) is 0 Å². The molecule has 2 rings (SSSR count). The standard InChI is InChI=1S/C11H14BrN3/c1-7(2-3-13)9-5-10-11(15-9)4-8(12)6-14-10/h4-7,15H,2-3,13H2,1H3. The maximum atomic E-state index is 5.55. The van der Waals surface area contributed by atoms with Gasteiger partial charge >= 0.3 is 0 Å². The van der Waals surface area contributed by atoms with Crippen LogP contribution in [0.1, 0.15) is 25.0 Å². The number of aromatic amines is 1. The Bertz CT molecular complexity index is 464. The predicted octanol–water partition coefficient (Wildman–Crippen LogP) is 2.78. The summed E-state index contributed by atoms with van der Waals surface area (Å²) in [6, 6.07) is 4.14. The summed E-state index contributed by atoms with van der Waals surface area (Å²) in [5, 5.41) is 0. The highest BCUT2D eigenvalue weighted by molar-refractivity contribution is 9.10. The van der Waals surface area contributed by atoms with Gasteiger partial charge in [-0.1, -0.05) is 6.92 Å². The molecule has 80 valence electrons. The van der Waals surface area contributed by atoms with E-state index in [4.69, 9.17) is 5.73 Å². The summed E-state index contributed by atoms with van der Waals surface area (Å²) in [5.74, 6) is 0.461. The molecule has 2 heterocycles. The van der Waals surface area contributed by atoms with Crippen molar-refractivity contribution in [2.24, 2.45) is 5.73 Å². The average molecular weight is 268 g/mol. The summed E-state index contributed by atoms with van der Waals surface area (Å²) in [4.78, 5) is 7.71. The van der Waals surface area contributed by atoms with Gasteiger partial charge in [-0.05, 0) is 46.9 Å². The molecule has 0 aliphatic rings. The molecule has 0 saturated carbocycles. The highest BCUT2D eigenvalue weighted by Gasteiger charge is 2.08. The summed E-state index contributed by atoms with van der Waals surface area (Å²) >= 11 is 3.41. The molecule has 0 aromatic carbocycles. The molecule has 0 amide bonds. The normalized spacial score (nSPS) is 13.3. The summed E-state index contributed by atoms with van der Waals surface area (Å²) in [6.07, 6.45) is 2.81. The van der Waals surface area contributed by atoms with Gasteiger partial charge in [-0.25, -0.2) is 0 Å². The van der Waals surface area contributed by atoms with Gasteiger partial charge < -0.3 is 10.7 Å². The lowest BCUT2D eigenvalue weighted by Crippen LogP contribution is -2.04. The van der Waals surface area contributed by atoms with E-state index in [2.05, 4.69) is 38.9 Å². The van der Waals surface area contributed by atoms with Crippen LogP contribution in [0.2, 0.25) is 0 Å². The first kappa shape index (κ1) is 10.6. The SMILES string of the molecule is CC(CCN)c1cc2ncc(Br)cc2[nH]1. The van der Waals surface area contributed by atoms with Gasteiger partial charge in [-0.15, -0.1) is 0 Å². The zero-order chi connectivity index (χ0) is 10.8. The molecule has 1 unspecified atom stereocenters. The van der Waals surface area contributed by atoms with Gasteiger partial charge in [0.05, 0.1) is 11.0 Å². The predicted molar refractivity (Wildman–Crippen MR) is 65.9 cm³/mol. The van der Waals surface area contributed by atoms with Crippen molar-refractivity contribution in [1.29, 1.82) is 0 Å². The molecule has 2 aromatic rings. The molecule has 2 aromatic heterocycles. The Morgan fingerprint density at radius 2 is 2.33 bits per heavy atom. The van der Waals surface area contributed by atoms with E-state index in [0.29, 0.717) is 12.5 Å². The number of hydrogen-bond donors (Lipinski definition) is 2. The maximum Gasteiger partial charge on any atom is 0.0882 e. The number of fused-ring (bicyclic) bond motifs is 1. The molecule has 0 bridgehead atoms. The minimum atomic E-state index is 0.461. The molecule has 4 heteroatoms. The highest BCUT2D eigenvalue weighted by atomic mass is 79.9. The van der Waals surface area contributed by atoms with Crippen LogP contribution in [0.3, 0.4) is 0 Å². The molecular formula is C11H14BrN3. The van der Waals surface area contributed by atoms with Gasteiger partial charge in [0.15, 0.2) is 0 Å². The van der Waals surface area contributed by atoms with Crippen LogP contribution in [0.25, 0.3) is 11.0 Å². The van der Waals surface area contributed by atoms with Gasteiger partial charge in [-0.2, -0.15) is 0 Å². The van der Waals surface area contributed by atoms with Crippen LogP contribution in [-0.4, -0.2) is 16.5 Å². The Morgan fingerprint density at radius 3 is 3.07 bits per heavy atom. The first-order valence-electron chi connectivity index (χ1n) is 5.05. The van der Waals surface area contributed by atoms with Crippen molar-refractivity contribution in [3.05, 3.63) is 28.5 Å². The molecule has 0 spiro atoms. The zero-order valence-corrected chi connectivity index (χ0v) is 10.2. The smallest absolute Gasteiger partial charge is 0.0882 e. The minimum Gasteiger partial charge on any atom is -0.357 e. The molecule has 3 nitrogen and oxygen atoms in total. The van der Waals surface area contributed by atoms with Crippen LogP contribution in [0.5, 0.6) is 0 Å². The average Bonchev–Trinajstić information content (AvgIpc) is 2.60. The van der Waals surface area contributed by atoms with Crippen molar-refractivity contribution in [2.75, 3.05) is 6.54 Å². The fourth-order valence-electron chi connectivity index (χ4n) is 1.67. The Kier molecular flexibility index (Phi) is 3.07. The van der Waals surface area contributed by atoms with Crippen LogP contribution in [0.15, 0.2) is 22.8 Å². The Balaban J connectivity index is 2.38. The molecular weight excluding hydrogens is 254 g/mol. The molecule has 3 N–H and O–H groups in total. The molecule has 0 radical (unpaired) electrons. The van der Waals surface area contributed by atoms with Crippen LogP contribution in [-0.2, 0) is 0 Å². The largest absolute Gasteiger partial charge is 0.357 e. The molecule has 0 saturated heterocycles. The number of pyridine rings is 1. The lowest BCUT2D eigenvalue weighted by molar-refractivity contribution is 0.676. The monoisotopic (exact) mass is 267 g/mol. The van der Waals surface area contributed by atoms with Crippen LogP contribution < -0.4 is 5.73 Å². The van der Waals surface area contributed by atoms with Gasteiger partial charge in [0.25, 0.3) is 0 Å². The van der Waals surface area contributed by atoms with Gasteiger partial charge in [-0.3, -0.25) is 4.98 Å². The van der Waals surface area contributed by atoms with Crippen LogP contribution in [0, 0.1) is 0 Å². The summed E-state index contributed by atoms with van der Waals surface area (Å²) in [5.41, 5.74) is 8.84. The summed E-state index contributed by atoms with van der Waals surface area (Å²) < 4.78 is 0.995. The number of aromatic nitrogens is 2. The molecule has 0 aliphatic carbocycles. The van der Waals surface area contributed by atoms with E-state index < -0.39 is 0 Å². The summed E-state index contributed by atoms with van der Waals surface area (Å²) in [7, 11) is 0. The van der Waals surface area contributed by atoms with Crippen molar-refractivity contribution in [1.82, 2.24) is 9.97 Å². The minimum absolute atomic E-state index is 0.461. The van der Waals surface area contributed by atoms with E-state index in [9.17, 15) is 0 Å². The fourth-order valence-corrected chi connectivity index (χ4v) is 2.01. The molecule has 0 fully saturated rings. The van der Waals surface area contributed by atoms with E-state index >= 15 is 0 Å². The number of halogens is 1. The van der Waals surface area contributed by atoms with Crippen LogP contribution in [0.4, 0.5) is 0 Å². The number of nitrogens with two attached hydrogens (primary N) is 1. The molecule has 1 atom stereocenters. The number of H-pyrrole nitrogens is 1. The topological polar surface area (TPSA) is 54.7 Å². The lowest BCUT2D eigenvalue weighted by Gasteiger charge is -2.06. The highest BCUT2D eigenvalue weighted by Crippen LogP contribution is 2.23. The lowest BCUT2D eigenvalue weighted by atomic mass is 10.0. The third-order valence-corrected chi connectivity index (χ3v) is 3.02. The number of rotatable bonds is 3. The van der Waals surface area contributed by atoms with Gasteiger partial charge in [0, 0.05) is 16.4 Å². The molecule has 0 aliphatic heterocycles. The van der Waals surface area contributed by atoms with E-state index in [0.717, 1.165) is 21.9 Å². The molecule has 15 heavy (non-hydrogen) atoms. The first-order chi connectivity index (χ1) is 7.20. The zero-order valence-electron chi connectivity index (χ0n) is 8.63. The number of nitrogens with one attached hydrogen (secondary N) is 1. The second-order valence-electron chi connectivity index (χ2n) is 3.79. The number of nitrogens with zero attached hydrogens (tertiary/aromatic N) is 1. The van der Waals surface area contributed by atoms with Crippen molar-refractivity contribution in [3.63, 3.8) is 0 Å². The van der Waals surface area contributed by atoms with Crippen molar-refractivity contribution < 1.29 is 0 Å². The second-order valence-corrected chi connectivity index (χ2v) is 4.71. The maximum absolute atomic E-state index is 5.55. The van der Waals surface area contributed by atoms with Crippen molar-refractivity contribution >= 4 is 27.0 Å². The quantitative estimate of drug-likeness (QED) is 0.899. The van der Waals surface area contributed by atoms with Crippen molar-refractivity contribution in [2.45, 2.75) is 19.3 Å². The second kappa shape index (κ2) is 4.33. The van der Waals surface area contributed by atoms with Crippen LogP contribution >= 0.6 is 15.9 Å². The fraction of sp³-hybridized carbons (Fsp3) is 0.364. The van der Waals surface area contributed by atoms with E-state index in [1.807, 2.05) is 12.3 Å². The Hall–Kier alpha value is -0.870. The first-order valence-corrected chi connectivity index (χ1v) is 5.84. The van der Waals surface area contributed by atoms with E-state index in [-0.39, 0.29) is 0 Å². The number of hydrogen-bond acceptors (Lipinski definition) is 2. The van der Waals surface area contributed by atoms with E-state index in [1.165, 1.54) is 5.69 Å². The van der Waals surface area contributed by atoms with Gasteiger partial charge in [0.2, 0.25) is 0 Å².